The Hall–Kier alpha value is -1.10. The van der Waals surface area contributed by atoms with E-state index in [9.17, 15) is 13.6 Å². The van der Waals surface area contributed by atoms with Gasteiger partial charge in [-0.3, -0.25) is 4.79 Å². The predicted molar refractivity (Wildman–Crippen MR) is 66.3 cm³/mol. The topological polar surface area (TPSA) is 29.1 Å². The first-order valence-electron chi connectivity index (χ1n) is 5.34. The van der Waals surface area contributed by atoms with Gasteiger partial charge < -0.3 is 5.32 Å². The Balaban J connectivity index is 2.79. The van der Waals surface area contributed by atoms with Gasteiger partial charge in [0.25, 0.3) is 5.91 Å². The van der Waals surface area contributed by atoms with Crippen LogP contribution in [0.5, 0.6) is 0 Å². The van der Waals surface area contributed by atoms with E-state index in [1.165, 1.54) is 12.1 Å². The molecule has 94 valence electrons. The molecule has 1 aromatic rings. The summed E-state index contributed by atoms with van der Waals surface area (Å²) in [5.74, 6) is -1.92. The molecule has 17 heavy (non-hydrogen) atoms. The van der Waals surface area contributed by atoms with Gasteiger partial charge in [-0.15, -0.1) is 0 Å². The van der Waals surface area contributed by atoms with Crippen molar-refractivity contribution in [2.24, 2.45) is 0 Å². The van der Waals surface area contributed by atoms with Gasteiger partial charge in [0.1, 0.15) is 0 Å². The Morgan fingerprint density at radius 1 is 1.47 bits per heavy atom. The van der Waals surface area contributed by atoms with Gasteiger partial charge in [-0.25, -0.2) is 8.78 Å². The molecule has 0 aromatic heterocycles. The lowest BCUT2D eigenvalue weighted by Gasteiger charge is -2.15. The molecular weight excluding hydrogens is 244 g/mol. The molecule has 0 aliphatic heterocycles. The summed E-state index contributed by atoms with van der Waals surface area (Å²) < 4.78 is 26.3. The van der Waals surface area contributed by atoms with Gasteiger partial charge >= 0.3 is 0 Å². The van der Waals surface area contributed by atoms with Crippen LogP contribution in [0.2, 0.25) is 0 Å². The van der Waals surface area contributed by atoms with Gasteiger partial charge in [-0.2, -0.15) is 11.8 Å². The average molecular weight is 259 g/mol. The number of rotatable bonds is 5. The zero-order chi connectivity index (χ0) is 12.8. The zero-order valence-corrected chi connectivity index (χ0v) is 10.6. The molecule has 1 atom stereocenters. The highest BCUT2D eigenvalue weighted by atomic mass is 32.2. The summed E-state index contributed by atoms with van der Waals surface area (Å²) in [7, 11) is 0. The van der Waals surface area contributed by atoms with Crippen LogP contribution in [-0.2, 0) is 0 Å². The number of nitrogens with one attached hydrogen (secondary N) is 1. The van der Waals surface area contributed by atoms with Crippen molar-refractivity contribution in [2.45, 2.75) is 19.4 Å². The molecule has 5 heteroatoms. The maximum atomic E-state index is 13.4. The van der Waals surface area contributed by atoms with Gasteiger partial charge in [0.15, 0.2) is 11.6 Å². The molecule has 0 heterocycles. The summed E-state index contributed by atoms with van der Waals surface area (Å²) >= 11 is 1.60. The minimum atomic E-state index is -1.09. The Morgan fingerprint density at radius 3 is 2.76 bits per heavy atom. The molecule has 1 aromatic carbocycles. The lowest BCUT2D eigenvalue weighted by molar-refractivity contribution is 0.0935. The average Bonchev–Trinajstić information content (AvgIpc) is 2.31. The Morgan fingerprint density at radius 2 is 2.18 bits per heavy atom. The van der Waals surface area contributed by atoms with E-state index in [1.54, 1.807) is 11.8 Å². The molecule has 0 aliphatic rings. The minimum Gasteiger partial charge on any atom is -0.348 e. The zero-order valence-electron chi connectivity index (χ0n) is 9.80. The van der Waals surface area contributed by atoms with E-state index >= 15 is 0 Å². The number of carbonyl (C=O) groups is 1. The number of hydrogen-bond donors (Lipinski definition) is 1. The highest BCUT2D eigenvalue weighted by Crippen LogP contribution is 2.12. The van der Waals surface area contributed by atoms with Crippen molar-refractivity contribution in [1.29, 1.82) is 0 Å². The molecule has 1 unspecified atom stereocenters. The Bertz CT molecular complexity index is 398. The predicted octanol–water partition coefficient (Wildman–Crippen LogP) is 2.84. The van der Waals surface area contributed by atoms with E-state index in [-0.39, 0.29) is 11.6 Å². The number of carbonyl (C=O) groups excluding carboxylic acids is 1. The summed E-state index contributed by atoms with van der Waals surface area (Å²) in [5, 5.41) is 2.69. The molecule has 0 aliphatic carbocycles. The van der Waals surface area contributed by atoms with E-state index in [0.29, 0.717) is 0 Å². The third kappa shape index (κ3) is 3.70. The van der Waals surface area contributed by atoms with Crippen LogP contribution < -0.4 is 5.32 Å². The monoisotopic (exact) mass is 259 g/mol. The fourth-order valence-electron chi connectivity index (χ4n) is 1.41. The van der Waals surface area contributed by atoms with Crippen LogP contribution in [-0.4, -0.2) is 24.0 Å². The molecule has 1 amide bonds. The summed E-state index contributed by atoms with van der Waals surface area (Å²) in [6, 6.07) is 3.56. The SMILES string of the molecule is CCC(CSC)NC(=O)c1cccc(F)c1F. The molecule has 1 N–H and O–H groups in total. The highest BCUT2D eigenvalue weighted by molar-refractivity contribution is 7.98. The van der Waals surface area contributed by atoms with E-state index < -0.39 is 17.5 Å². The number of halogens is 2. The first-order valence-corrected chi connectivity index (χ1v) is 6.73. The number of benzene rings is 1. The maximum absolute atomic E-state index is 13.4. The van der Waals surface area contributed by atoms with Gasteiger partial charge in [0.05, 0.1) is 5.56 Å². The highest BCUT2D eigenvalue weighted by Gasteiger charge is 2.17. The van der Waals surface area contributed by atoms with Crippen molar-refractivity contribution in [1.82, 2.24) is 5.32 Å². The van der Waals surface area contributed by atoms with Crippen molar-refractivity contribution in [3.8, 4) is 0 Å². The van der Waals surface area contributed by atoms with Crippen LogP contribution in [0.4, 0.5) is 8.78 Å². The summed E-state index contributed by atoms with van der Waals surface area (Å²) in [6.07, 6.45) is 2.68. The fourth-order valence-corrected chi connectivity index (χ4v) is 2.13. The molecule has 0 saturated carbocycles. The van der Waals surface area contributed by atoms with Gasteiger partial charge in [0.2, 0.25) is 0 Å². The lowest BCUT2D eigenvalue weighted by Crippen LogP contribution is -2.36. The van der Waals surface area contributed by atoms with Crippen LogP contribution in [0.15, 0.2) is 18.2 Å². The molecule has 0 fully saturated rings. The van der Waals surface area contributed by atoms with Crippen molar-refractivity contribution in [3.05, 3.63) is 35.4 Å². The van der Waals surface area contributed by atoms with E-state index in [2.05, 4.69) is 5.32 Å². The van der Waals surface area contributed by atoms with Crippen LogP contribution in [0.25, 0.3) is 0 Å². The Kier molecular flexibility index (Phi) is 5.41. The molecular formula is C12H15F2NOS. The summed E-state index contributed by atoms with van der Waals surface area (Å²) in [4.78, 5) is 11.7. The number of amides is 1. The van der Waals surface area contributed by atoms with Crippen molar-refractivity contribution in [3.63, 3.8) is 0 Å². The van der Waals surface area contributed by atoms with Gasteiger partial charge in [0, 0.05) is 11.8 Å². The smallest absolute Gasteiger partial charge is 0.254 e. The second kappa shape index (κ2) is 6.59. The Labute approximate surface area is 104 Å². The van der Waals surface area contributed by atoms with Crippen molar-refractivity contribution >= 4 is 17.7 Å². The quantitative estimate of drug-likeness (QED) is 0.881. The fraction of sp³-hybridized carbons (Fsp3) is 0.417. The second-order valence-electron chi connectivity index (χ2n) is 3.64. The summed E-state index contributed by atoms with van der Waals surface area (Å²) in [5.41, 5.74) is -0.246. The molecule has 0 saturated heterocycles. The van der Waals surface area contributed by atoms with Crippen LogP contribution in [0.1, 0.15) is 23.7 Å². The summed E-state index contributed by atoms with van der Waals surface area (Å²) in [6.45, 7) is 1.93. The first-order chi connectivity index (χ1) is 8.10. The first kappa shape index (κ1) is 14.0. The third-order valence-electron chi connectivity index (χ3n) is 2.39. The minimum absolute atomic E-state index is 0.0276. The van der Waals surface area contributed by atoms with Crippen molar-refractivity contribution < 1.29 is 13.6 Å². The number of thioether (sulfide) groups is 1. The molecule has 1 rings (SSSR count). The standard InChI is InChI=1S/C12H15F2NOS/c1-3-8(7-17-2)15-12(16)9-5-4-6-10(13)11(9)14/h4-6,8H,3,7H2,1-2H3,(H,15,16). The third-order valence-corrected chi connectivity index (χ3v) is 3.13. The van der Waals surface area contributed by atoms with Crippen molar-refractivity contribution in [2.75, 3.05) is 12.0 Å². The van der Waals surface area contributed by atoms with E-state index in [4.69, 9.17) is 0 Å². The van der Waals surface area contributed by atoms with Crippen LogP contribution in [0.3, 0.4) is 0 Å². The van der Waals surface area contributed by atoms with Gasteiger partial charge in [-0.1, -0.05) is 13.0 Å². The molecule has 2 nitrogen and oxygen atoms in total. The molecule has 0 bridgehead atoms. The van der Waals surface area contributed by atoms with Crippen LogP contribution >= 0.6 is 11.8 Å². The second-order valence-corrected chi connectivity index (χ2v) is 4.55. The normalized spacial score (nSPS) is 12.2. The van der Waals surface area contributed by atoms with E-state index in [0.717, 1.165) is 18.2 Å². The largest absolute Gasteiger partial charge is 0.348 e. The van der Waals surface area contributed by atoms with Gasteiger partial charge in [-0.05, 0) is 24.8 Å². The maximum Gasteiger partial charge on any atom is 0.254 e. The lowest BCUT2D eigenvalue weighted by atomic mass is 10.1. The molecule has 0 spiro atoms. The number of hydrogen-bond acceptors (Lipinski definition) is 2. The molecule has 0 radical (unpaired) electrons. The van der Waals surface area contributed by atoms with Crippen LogP contribution in [0, 0.1) is 11.6 Å². The van der Waals surface area contributed by atoms with E-state index in [1.807, 2.05) is 13.2 Å².